The highest BCUT2D eigenvalue weighted by Gasteiger charge is 2.10. The van der Waals surface area contributed by atoms with Crippen LogP contribution in [0.1, 0.15) is 239 Å². The van der Waals surface area contributed by atoms with Crippen molar-refractivity contribution < 1.29 is 13.7 Å². The molecule has 0 radical (unpaired) electrons. The van der Waals surface area contributed by atoms with E-state index in [1.807, 2.05) is 19.0 Å². The van der Waals surface area contributed by atoms with Crippen molar-refractivity contribution in [2.75, 3.05) is 53.1 Å². The number of nitrogens with zero attached hydrogens (tertiary/aromatic N) is 3. The molecule has 0 aliphatic heterocycles. The van der Waals surface area contributed by atoms with Gasteiger partial charge in [-0.05, 0) is 57.7 Å². The van der Waals surface area contributed by atoms with Crippen LogP contribution in [0.25, 0.3) is 0 Å². The van der Waals surface area contributed by atoms with Crippen LogP contribution in [0.15, 0.2) is 4.99 Å². The number of hydrogen-bond acceptors (Lipinski definition) is 5. The van der Waals surface area contributed by atoms with Gasteiger partial charge in [0.1, 0.15) is 11.0 Å². The fourth-order valence-electron chi connectivity index (χ4n) is 7.82. The minimum Gasteiger partial charge on any atom is -0.466 e. The van der Waals surface area contributed by atoms with Crippen molar-refractivity contribution in [2.24, 2.45) is 10.9 Å². The summed E-state index contributed by atoms with van der Waals surface area (Å²) < 4.78 is 20.2. The summed E-state index contributed by atoms with van der Waals surface area (Å²) in [6.07, 6.45) is 45.8. The zero-order valence-electron chi connectivity index (χ0n) is 38.6. The molecule has 0 saturated carbocycles. The van der Waals surface area contributed by atoms with Crippen molar-refractivity contribution in [3.05, 3.63) is 0 Å². The molecule has 0 aromatic heterocycles. The van der Waals surface area contributed by atoms with Crippen LogP contribution in [0.5, 0.6) is 0 Å². The van der Waals surface area contributed by atoms with Crippen molar-refractivity contribution in [3.8, 4) is 0 Å². The molecular formula is C48H98N4O3S. The Bertz CT molecular complexity index is 870. The van der Waals surface area contributed by atoms with Gasteiger partial charge in [0, 0.05) is 33.3 Å². The molecule has 7 nitrogen and oxygen atoms in total. The van der Waals surface area contributed by atoms with Crippen LogP contribution in [0, 0.1) is 5.92 Å². The van der Waals surface area contributed by atoms with E-state index in [0.29, 0.717) is 19.0 Å². The van der Waals surface area contributed by atoms with Crippen LogP contribution in [0.3, 0.4) is 0 Å². The van der Waals surface area contributed by atoms with Crippen LogP contribution in [-0.2, 0) is 20.5 Å². The van der Waals surface area contributed by atoms with E-state index in [1.54, 1.807) is 6.26 Å². The van der Waals surface area contributed by atoms with Gasteiger partial charge in [-0.2, -0.15) is 0 Å². The fourth-order valence-corrected chi connectivity index (χ4v) is 8.32. The summed E-state index contributed by atoms with van der Waals surface area (Å²) >= 11 is 0. The summed E-state index contributed by atoms with van der Waals surface area (Å²) in [5.74, 6) is 1.64. The Morgan fingerprint density at radius 3 is 1.39 bits per heavy atom. The third kappa shape index (κ3) is 39.7. The number of carbonyl (C=O) groups is 1. The molecule has 0 amide bonds. The Hall–Kier alpha value is -1.15. The molecule has 1 unspecified atom stereocenters. The first kappa shape index (κ1) is 54.9. The van der Waals surface area contributed by atoms with Gasteiger partial charge >= 0.3 is 5.97 Å². The van der Waals surface area contributed by atoms with E-state index in [9.17, 15) is 9.00 Å². The first-order valence-electron chi connectivity index (χ1n) is 24.5. The number of carbonyl (C=O) groups excluding carboxylic acids is 1. The maximum absolute atomic E-state index is 12.2. The zero-order valence-corrected chi connectivity index (χ0v) is 39.4. The molecular weight excluding hydrogens is 713 g/mol. The lowest BCUT2D eigenvalue weighted by Crippen LogP contribution is -2.37. The standard InChI is InChI=1S/C48H98N4O3S/c1-7-10-13-16-19-28-35-45-55-47(53)40-32-25-21-27-34-43-52(44-36-41-49-48(51(4)5)50-56(6)54)42-33-26-20-24-31-39-46(37-29-22-17-14-11-8-2)38-30-23-18-15-12-9-3/h46H,7-45H2,1-6H3,(H,49,50). The molecule has 0 heterocycles. The van der Waals surface area contributed by atoms with E-state index < -0.39 is 11.0 Å². The van der Waals surface area contributed by atoms with Gasteiger partial charge in [0.25, 0.3) is 0 Å². The van der Waals surface area contributed by atoms with E-state index in [4.69, 9.17) is 9.73 Å². The van der Waals surface area contributed by atoms with Crippen molar-refractivity contribution >= 4 is 22.9 Å². The third-order valence-corrected chi connectivity index (χ3v) is 11.9. The molecule has 0 aliphatic rings. The normalized spacial score (nSPS) is 12.5. The SMILES string of the molecule is CCCCCCCCCOC(=O)CCCCCCCN(CCCCCCCC(CCCCCCCC)CCCCCCCC)CCCN=C(NS(C)=O)N(C)C. The molecule has 0 aliphatic carbocycles. The molecule has 334 valence electrons. The lowest BCUT2D eigenvalue weighted by Gasteiger charge is -2.22. The van der Waals surface area contributed by atoms with Crippen molar-refractivity contribution in [2.45, 2.75) is 239 Å². The monoisotopic (exact) mass is 811 g/mol. The lowest BCUT2D eigenvalue weighted by molar-refractivity contribution is -0.143. The minimum atomic E-state index is -1.12. The summed E-state index contributed by atoms with van der Waals surface area (Å²) in [5, 5.41) is 0. The summed E-state index contributed by atoms with van der Waals surface area (Å²) in [5.41, 5.74) is 0. The largest absolute Gasteiger partial charge is 0.466 e. The Morgan fingerprint density at radius 1 is 0.554 bits per heavy atom. The molecule has 56 heavy (non-hydrogen) atoms. The van der Waals surface area contributed by atoms with Gasteiger partial charge in [-0.1, -0.05) is 201 Å². The molecule has 8 heteroatoms. The van der Waals surface area contributed by atoms with Gasteiger partial charge < -0.3 is 14.5 Å². The Kier molecular flexibility index (Phi) is 42.5. The minimum absolute atomic E-state index is 0.0104. The molecule has 0 rings (SSSR count). The average Bonchev–Trinajstić information content (AvgIpc) is 3.17. The number of rotatable bonds is 43. The van der Waals surface area contributed by atoms with Crippen LogP contribution >= 0.6 is 0 Å². The first-order valence-corrected chi connectivity index (χ1v) is 26.1. The summed E-state index contributed by atoms with van der Waals surface area (Å²) in [7, 11) is 2.76. The highest BCUT2D eigenvalue weighted by Crippen LogP contribution is 2.25. The number of aliphatic imine (C=N–C) groups is 1. The van der Waals surface area contributed by atoms with E-state index in [-0.39, 0.29) is 5.97 Å². The molecule has 0 fully saturated rings. The van der Waals surface area contributed by atoms with Crippen molar-refractivity contribution in [1.29, 1.82) is 0 Å². The quantitative estimate of drug-likeness (QED) is 0.0287. The molecule has 0 aromatic rings. The zero-order chi connectivity index (χ0) is 41.2. The van der Waals surface area contributed by atoms with Crippen LogP contribution < -0.4 is 4.72 Å². The van der Waals surface area contributed by atoms with Crippen LogP contribution in [0.2, 0.25) is 0 Å². The van der Waals surface area contributed by atoms with Gasteiger partial charge in [0.05, 0.1) is 6.61 Å². The van der Waals surface area contributed by atoms with Crippen molar-refractivity contribution in [1.82, 2.24) is 14.5 Å². The maximum atomic E-state index is 12.2. The lowest BCUT2D eigenvalue weighted by atomic mass is 9.89. The van der Waals surface area contributed by atoms with E-state index >= 15 is 0 Å². The number of esters is 1. The van der Waals surface area contributed by atoms with E-state index in [1.165, 1.54) is 193 Å². The number of hydrogen-bond donors (Lipinski definition) is 1. The van der Waals surface area contributed by atoms with Gasteiger partial charge in [-0.15, -0.1) is 0 Å². The fraction of sp³-hybridized carbons (Fsp3) is 0.958. The van der Waals surface area contributed by atoms with Crippen LogP contribution in [-0.4, -0.2) is 79.1 Å². The Morgan fingerprint density at radius 2 is 0.946 bits per heavy atom. The summed E-state index contributed by atoms with van der Waals surface area (Å²) in [4.78, 5) is 21.4. The topological polar surface area (TPSA) is 74.2 Å². The Labute approximate surface area is 353 Å². The Balaban J connectivity index is 4.55. The van der Waals surface area contributed by atoms with Gasteiger partial charge in [-0.3, -0.25) is 14.5 Å². The van der Waals surface area contributed by atoms with Gasteiger partial charge in [0.15, 0.2) is 0 Å². The number of ether oxygens (including phenoxy) is 1. The molecule has 1 N–H and O–H groups in total. The smallest absolute Gasteiger partial charge is 0.305 e. The van der Waals surface area contributed by atoms with E-state index in [0.717, 1.165) is 51.2 Å². The van der Waals surface area contributed by atoms with Crippen LogP contribution in [0.4, 0.5) is 0 Å². The molecule has 0 aromatic carbocycles. The summed E-state index contributed by atoms with van der Waals surface area (Å²) in [6, 6.07) is 0. The van der Waals surface area contributed by atoms with E-state index in [2.05, 4.69) is 30.4 Å². The van der Waals surface area contributed by atoms with Crippen molar-refractivity contribution in [3.63, 3.8) is 0 Å². The second-order valence-corrected chi connectivity index (χ2v) is 18.4. The molecule has 0 spiro atoms. The highest BCUT2D eigenvalue weighted by molar-refractivity contribution is 7.82. The predicted octanol–water partition coefficient (Wildman–Crippen LogP) is 13.6. The average molecular weight is 811 g/mol. The second-order valence-electron chi connectivity index (χ2n) is 17.2. The summed E-state index contributed by atoms with van der Waals surface area (Å²) in [6.45, 7) is 11.6. The van der Waals surface area contributed by atoms with Gasteiger partial charge in [-0.25, -0.2) is 4.21 Å². The maximum Gasteiger partial charge on any atom is 0.305 e. The number of nitrogens with one attached hydrogen (secondary N) is 1. The predicted molar refractivity (Wildman–Crippen MR) is 248 cm³/mol. The first-order chi connectivity index (χ1) is 27.3. The third-order valence-electron chi connectivity index (χ3n) is 11.4. The molecule has 0 saturated heterocycles. The highest BCUT2D eigenvalue weighted by atomic mass is 32.2. The number of unbranched alkanes of at least 4 members (excludes halogenated alkanes) is 24. The molecule has 0 bridgehead atoms. The number of guanidine groups is 1. The second kappa shape index (κ2) is 43.4. The molecule has 1 atom stereocenters. The van der Waals surface area contributed by atoms with Gasteiger partial charge in [0.2, 0.25) is 5.96 Å².